The number of aliphatic hydroxyl groups is 1. The molecule has 2 aromatic heterocycles. The number of nitrogens with zero attached hydrogens (tertiary/aromatic N) is 4. The molecule has 0 bridgehead atoms. The van der Waals surface area contributed by atoms with Gasteiger partial charge in [0.05, 0.1) is 12.6 Å². The highest BCUT2D eigenvalue weighted by Gasteiger charge is 2.38. The van der Waals surface area contributed by atoms with E-state index in [-0.39, 0.29) is 18.3 Å². The molecule has 0 unspecified atom stereocenters. The van der Waals surface area contributed by atoms with Crippen molar-refractivity contribution >= 4 is 5.91 Å². The molecule has 1 N–H and O–H groups in total. The van der Waals surface area contributed by atoms with Gasteiger partial charge in [-0.1, -0.05) is 36.4 Å². The van der Waals surface area contributed by atoms with E-state index in [1.807, 2.05) is 37.3 Å². The fourth-order valence-electron chi connectivity index (χ4n) is 4.29. The van der Waals surface area contributed by atoms with E-state index in [9.17, 15) is 18.7 Å². The minimum Gasteiger partial charge on any atom is -0.478 e. The van der Waals surface area contributed by atoms with Gasteiger partial charge >= 0.3 is 6.43 Å². The molecule has 0 saturated heterocycles. The predicted molar refractivity (Wildman–Crippen MR) is 124 cm³/mol. The van der Waals surface area contributed by atoms with Crippen molar-refractivity contribution in [2.45, 2.75) is 32.0 Å². The fraction of sp³-hybridized carbons (Fsp3) is 0.231. The Labute approximate surface area is 205 Å². The lowest BCUT2D eigenvalue weighted by molar-refractivity contribution is 0.0359. The molecule has 0 fully saturated rings. The summed E-state index contributed by atoms with van der Waals surface area (Å²) in [6.07, 6.45) is -2.42. The Bertz CT molecular complexity index is 1360. The number of pyridine rings is 1. The van der Waals surface area contributed by atoms with Gasteiger partial charge in [-0.3, -0.25) is 4.79 Å². The molecule has 1 aliphatic heterocycles. The number of hydrogen-bond donors (Lipinski definition) is 1. The van der Waals surface area contributed by atoms with E-state index in [2.05, 4.69) is 15.2 Å². The summed E-state index contributed by atoms with van der Waals surface area (Å²) in [5.74, 6) is -0.751. The van der Waals surface area contributed by atoms with Gasteiger partial charge < -0.3 is 19.2 Å². The first-order valence-electron chi connectivity index (χ1n) is 11.3. The quantitative estimate of drug-likeness (QED) is 0.373. The Balaban J connectivity index is 1.48. The molecule has 3 heterocycles. The van der Waals surface area contributed by atoms with Gasteiger partial charge in [-0.25, -0.2) is 4.98 Å². The SMILES string of the molecule is CCOc1ccc([C@H](O)[C@@H](c2ccccc2)N2Cc3ccc(-c4nnc(C(F)F)o4)cc3C2=O)cn1. The second-order valence-electron chi connectivity index (χ2n) is 8.21. The van der Waals surface area contributed by atoms with Gasteiger partial charge in [0.1, 0.15) is 6.10 Å². The number of benzene rings is 2. The van der Waals surface area contributed by atoms with Crippen LogP contribution in [0.25, 0.3) is 11.5 Å². The molecule has 1 amide bonds. The van der Waals surface area contributed by atoms with Gasteiger partial charge in [-0.2, -0.15) is 8.78 Å². The highest BCUT2D eigenvalue weighted by molar-refractivity contribution is 5.99. The van der Waals surface area contributed by atoms with Crippen LogP contribution in [0.1, 0.15) is 58.4 Å². The van der Waals surface area contributed by atoms with Crippen LogP contribution < -0.4 is 4.74 Å². The first kappa shape index (κ1) is 23.6. The Morgan fingerprint density at radius 1 is 1.08 bits per heavy atom. The summed E-state index contributed by atoms with van der Waals surface area (Å²) < 4.78 is 36.2. The van der Waals surface area contributed by atoms with Gasteiger partial charge in [-0.15, -0.1) is 10.2 Å². The maximum Gasteiger partial charge on any atom is 0.314 e. The zero-order valence-corrected chi connectivity index (χ0v) is 19.2. The number of carbonyl (C=O) groups excluding carboxylic acids is 1. The fourth-order valence-corrected chi connectivity index (χ4v) is 4.29. The summed E-state index contributed by atoms with van der Waals surface area (Å²) in [5, 5.41) is 18.4. The van der Waals surface area contributed by atoms with Gasteiger partial charge in [0.25, 0.3) is 11.8 Å². The average molecular weight is 492 g/mol. The molecule has 10 heteroatoms. The van der Waals surface area contributed by atoms with Crippen molar-refractivity contribution in [3.63, 3.8) is 0 Å². The second kappa shape index (κ2) is 9.82. The summed E-state index contributed by atoms with van der Waals surface area (Å²) in [4.78, 5) is 19.4. The highest BCUT2D eigenvalue weighted by atomic mass is 19.3. The number of amides is 1. The number of carbonyl (C=O) groups is 1. The number of rotatable bonds is 8. The lowest BCUT2D eigenvalue weighted by Crippen LogP contribution is -2.33. The molecule has 0 radical (unpaired) electrons. The normalized spacial score (nSPS) is 14.7. The van der Waals surface area contributed by atoms with Gasteiger partial charge in [0.2, 0.25) is 11.8 Å². The Morgan fingerprint density at radius 2 is 1.89 bits per heavy atom. The van der Waals surface area contributed by atoms with Crippen LogP contribution in [-0.4, -0.2) is 37.7 Å². The van der Waals surface area contributed by atoms with Crippen LogP contribution in [0, 0.1) is 0 Å². The third-order valence-electron chi connectivity index (χ3n) is 5.98. The number of aliphatic hydroxyl groups excluding tert-OH is 1. The summed E-state index contributed by atoms with van der Waals surface area (Å²) in [6, 6.07) is 16.8. The largest absolute Gasteiger partial charge is 0.478 e. The van der Waals surface area contributed by atoms with Crippen molar-refractivity contribution in [3.8, 4) is 17.3 Å². The molecule has 8 nitrogen and oxygen atoms in total. The van der Waals surface area contributed by atoms with Crippen molar-refractivity contribution in [1.82, 2.24) is 20.1 Å². The zero-order valence-electron chi connectivity index (χ0n) is 19.2. The molecule has 36 heavy (non-hydrogen) atoms. The molecular formula is C26H22F2N4O4. The molecule has 0 saturated carbocycles. The number of hydrogen-bond acceptors (Lipinski definition) is 7. The van der Waals surface area contributed by atoms with Crippen LogP contribution in [0.4, 0.5) is 8.78 Å². The Hall–Kier alpha value is -4.18. The van der Waals surface area contributed by atoms with Crippen LogP contribution >= 0.6 is 0 Å². The number of alkyl halides is 2. The van der Waals surface area contributed by atoms with E-state index in [0.717, 1.165) is 11.1 Å². The monoisotopic (exact) mass is 492 g/mol. The number of aromatic nitrogens is 3. The summed E-state index contributed by atoms with van der Waals surface area (Å²) >= 11 is 0. The summed E-state index contributed by atoms with van der Waals surface area (Å²) in [7, 11) is 0. The van der Waals surface area contributed by atoms with Crippen LogP contribution in [0.3, 0.4) is 0 Å². The molecule has 4 aromatic rings. The van der Waals surface area contributed by atoms with Gasteiger partial charge in [0, 0.05) is 35.5 Å². The standard InChI is InChI=1S/C26H22F2N4O4/c1-2-35-20-11-10-17(13-29-20)22(33)21(15-6-4-3-5-7-15)32-14-18-9-8-16(12-19(18)26(32)34)24-30-31-25(36-24)23(27)28/h3-13,21-23,33H,2,14H2,1H3/t21-,22+/m1/s1. The van der Waals surface area contributed by atoms with Crippen molar-refractivity contribution in [2.24, 2.45) is 0 Å². The van der Waals surface area contributed by atoms with Gasteiger partial charge in [-0.05, 0) is 36.2 Å². The van der Waals surface area contributed by atoms with Gasteiger partial charge in [0.15, 0.2) is 0 Å². The predicted octanol–water partition coefficient (Wildman–Crippen LogP) is 4.90. The smallest absolute Gasteiger partial charge is 0.314 e. The van der Waals surface area contributed by atoms with Crippen molar-refractivity contribution in [1.29, 1.82) is 0 Å². The number of fused-ring (bicyclic) bond motifs is 1. The van der Waals surface area contributed by atoms with E-state index >= 15 is 0 Å². The first-order chi connectivity index (χ1) is 17.5. The third kappa shape index (κ3) is 4.42. The summed E-state index contributed by atoms with van der Waals surface area (Å²) in [5.41, 5.74) is 2.74. The third-order valence-corrected chi connectivity index (χ3v) is 5.98. The molecular weight excluding hydrogens is 470 g/mol. The topological polar surface area (TPSA) is 102 Å². The van der Waals surface area contributed by atoms with E-state index in [4.69, 9.17) is 9.15 Å². The van der Waals surface area contributed by atoms with Crippen LogP contribution in [0.15, 0.2) is 71.3 Å². The lowest BCUT2D eigenvalue weighted by atomic mass is 9.95. The molecule has 2 atom stereocenters. The van der Waals surface area contributed by atoms with E-state index < -0.39 is 24.5 Å². The molecule has 1 aliphatic rings. The van der Waals surface area contributed by atoms with E-state index in [1.54, 1.807) is 35.2 Å². The molecule has 5 rings (SSSR count). The minimum absolute atomic E-state index is 0.0977. The van der Waals surface area contributed by atoms with E-state index in [1.165, 1.54) is 6.20 Å². The van der Waals surface area contributed by atoms with Crippen molar-refractivity contribution in [3.05, 3.63) is 95.0 Å². The molecule has 184 valence electrons. The van der Waals surface area contributed by atoms with Crippen LogP contribution in [-0.2, 0) is 6.54 Å². The number of ether oxygens (including phenoxy) is 1. The van der Waals surface area contributed by atoms with E-state index in [0.29, 0.717) is 29.2 Å². The molecule has 2 aromatic carbocycles. The van der Waals surface area contributed by atoms with Crippen molar-refractivity contribution in [2.75, 3.05) is 6.61 Å². The first-order valence-corrected chi connectivity index (χ1v) is 11.3. The highest BCUT2D eigenvalue weighted by Crippen LogP contribution is 2.40. The second-order valence-corrected chi connectivity index (χ2v) is 8.21. The van der Waals surface area contributed by atoms with Crippen molar-refractivity contribution < 1.29 is 27.8 Å². The number of halogens is 2. The molecule has 0 spiro atoms. The maximum absolute atomic E-state index is 13.6. The Morgan fingerprint density at radius 3 is 2.56 bits per heavy atom. The van der Waals surface area contributed by atoms with Crippen LogP contribution in [0.5, 0.6) is 5.88 Å². The maximum atomic E-state index is 13.6. The minimum atomic E-state index is -2.89. The zero-order chi connectivity index (χ0) is 25.2. The lowest BCUT2D eigenvalue weighted by Gasteiger charge is -2.32. The Kier molecular flexibility index (Phi) is 6.43. The summed E-state index contributed by atoms with van der Waals surface area (Å²) in [6.45, 7) is 2.58. The van der Waals surface area contributed by atoms with Crippen LogP contribution in [0.2, 0.25) is 0 Å². The average Bonchev–Trinajstić information content (AvgIpc) is 3.51. The molecule has 0 aliphatic carbocycles.